The van der Waals surface area contributed by atoms with Gasteiger partial charge in [-0.15, -0.1) is 0 Å². The molecule has 1 fully saturated rings. The van der Waals surface area contributed by atoms with Gasteiger partial charge in [0.15, 0.2) is 0 Å². The number of benzene rings is 1. The molecule has 106 valence electrons. The Morgan fingerprint density at radius 1 is 1.42 bits per heavy atom. The smallest absolute Gasteiger partial charge is 0.124 e. The molecule has 19 heavy (non-hydrogen) atoms. The molecule has 1 atom stereocenters. The summed E-state index contributed by atoms with van der Waals surface area (Å²) >= 11 is 3.36. The summed E-state index contributed by atoms with van der Waals surface area (Å²) in [6.07, 6.45) is 1.12. The highest BCUT2D eigenvalue weighted by Crippen LogP contribution is 2.24. The quantitative estimate of drug-likeness (QED) is 0.912. The fourth-order valence-electron chi connectivity index (χ4n) is 2.56. The lowest BCUT2D eigenvalue weighted by atomic mass is 9.95. The second kappa shape index (κ2) is 5.90. The van der Waals surface area contributed by atoms with Crippen LogP contribution >= 0.6 is 15.9 Å². The molecule has 0 amide bonds. The van der Waals surface area contributed by atoms with E-state index in [9.17, 15) is 4.39 Å². The van der Waals surface area contributed by atoms with E-state index in [1.807, 2.05) is 6.07 Å². The Morgan fingerprint density at radius 2 is 2.16 bits per heavy atom. The Hall–Kier alpha value is -0.450. The average Bonchev–Trinajstić information content (AvgIpc) is 2.30. The van der Waals surface area contributed by atoms with Gasteiger partial charge in [0.2, 0.25) is 0 Å². The molecule has 0 aromatic heterocycles. The second-order valence-corrected chi connectivity index (χ2v) is 6.87. The Labute approximate surface area is 123 Å². The zero-order valence-corrected chi connectivity index (χ0v) is 13.4. The summed E-state index contributed by atoms with van der Waals surface area (Å²) in [6, 6.07) is 5.66. The molecule has 1 heterocycles. The maximum Gasteiger partial charge on any atom is 0.124 e. The van der Waals surface area contributed by atoms with Gasteiger partial charge in [0.25, 0.3) is 0 Å². The highest BCUT2D eigenvalue weighted by atomic mass is 79.9. The second-order valence-electron chi connectivity index (χ2n) is 5.96. The van der Waals surface area contributed by atoms with Crippen LogP contribution in [0.5, 0.6) is 0 Å². The summed E-state index contributed by atoms with van der Waals surface area (Å²) in [5.74, 6) is -0.177. The highest BCUT2D eigenvalue weighted by Gasteiger charge is 2.33. The van der Waals surface area contributed by atoms with E-state index in [1.54, 1.807) is 6.07 Å². The SMILES string of the molecule is CCC1CN(Cc2cc(F)cc(Br)c2)C(C)(C)CN1. The molecule has 1 unspecified atom stereocenters. The van der Waals surface area contributed by atoms with Crippen LogP contribution in [-0.4, -0.2) is 29.6 Å². The number of piperazine rings is 1. The van der Waals surface area contributed by atoms with Crippen molar-refractivity contribution in [2.45, 2.75) is 45.3 Å². The molecule has 1 aliphatic heterocycles. The Bertz CT molecular complexity index is 428. The van der Waals surface area contributed by atoms with Gasteiger partial charge in [-0.05, 0) is 44.0 Å². The van der Waals surface area contributed by atoms with Crippen LogP contribution in [0.25, 0.3) is 0 Å². The van der Waals surface area contributed by atoms with Crippen LogP contribution in [0, 0.1) is 5.82 Å². The van der Waals surface area contributed by atoms with Crippen molar-refractivity contribution in [3.05, 3.63) is 34.1 Å². The number of rotatable bonds is 3. The highest BCUT2D eigenvalue weighted by molar-refractivity contribution is 9.10. The molecule has 2 nitrogen and oxygen atoms in total. The normalized spacial score (nSPS) is 23.5. The molecule has 0 radical (unpaired) electrons. The summed E-state index contributed by atoms with van der Waals surface area (Å²) in [5, 5.41) is 3.57. The maximum atomic E-state index is 13.5. The summed E-state index contributed by atoms with van der Waals surface area (Å²) in [7, 11) is 0. The van der Waals surface area contributed by atoms with Gasteiger partial charge in [-0.3, -0.25) is 4.90 Å². The molecule has 1 N–H and O–H groups in total. The lowest BCUT2D eigenvalue weighted by Crippen LogP contribution is -2.61. The minimum Gasteiger partial charge on any atom is -0.311 e. The molecule has 1 aliphatic rings. The first kappa shape index (κ1) is 14.9. The van der Waals surface area contributed by atoms with Gasteiger partial charge in [0.1, 0.15) is 5.82 Å². The molecule has 1 saturated heterocycles. The van der Waals surface area contributed by atoms with Crippen molar-refractivity contribution >= 4 is 15.9 Å². The molecule has 0 spiro atoms. The van der Waals surface area contributed by atoms with E-state index in [-0.39, 0.29) is 11.4 Å². The molecule has 1 aromatic rings. The first-order valence-corrected chi connectivity index (χ1v) is 7.63. The van der Waals surface area contributed by atoms with Gasteiger partial charge in [-0.2, -0.15) is 0 Å². The molecule has 1 aromatic carbocycles. The van der Waals surface area contributed by atoms with E-state index in [0.717, 1.165) is 36.1 Å². The van der Waals surface area contributed by atoms with Crippen molar-refractivity contribution in [2.75, 3.05) is 13.1 Å². The number of hydrogen-bond donors (Lipinski definition) is 1. The van der Waals surface area contributed by atoms with E-state index in [0.29, 0.717) is 6.04 Å². The van der Waals surface area contributed by atoms with Crippen molar-refractivity contribution in [2.24, 2.45) is 0 Å². The monoisotopic (exact) mass is 328 g/mol. The Balaban J connectivity index is 2.14. The van der Waals surface area contributed by atoms with Gasteiger partial charge in [-0.25, -0.2) is 4.39 Å². The van der Waals surface area contributed by atoms with E-state index < -0.39 is 0 Å². The van der Waals surface area contributed by atoms with Crippen LogP contribution in [0.1, 0.15) is 32.8 Å². The van der Waals surface area contributed by atoms with Gasteiger partial charge < -0.3 is 5.32 Å². The van der Waals surface area contributed by atoms with Gasteiger partial charge in [0.05, 0.1) is 0 Å². The van der Waals surface area contributed by atoms with Gasteiger partial charge in [0, 0.05) is 35.7 Å². The maximum absolute atomic E-state index is 13.5. The lowest BCUT2D eigenvalue weighted by molar-refractivity contribution is 0.0576. The first-order valence-electron chi connectivity index (χ1n) is 6.84. The number of halogens is 2. The molecular weight excluding hydrogens is 307 g/mol. The van der Waals surface area contributed by atoms with Crippen LogP contribution in [-0.2, 0) is 6.54 Å². The molecule has 0 aliphatic carbocycles. The predicted molar refractivity (Wildman–Crippen MR) is 80.7 cm³/mol. The standard InChI is InChI=1S/C15H22BrFN2/c1-4-14-9-19(15(2,3)10-18-14)8-11-5-12(16)7-13(17)6-11/h5-7,14,18H,4,8-10H2,1-3H3. The van der Waals surface area contributed by atoms with Gasteiger partial charge >= 0.3 is 0 Å². The van der Waals surface area contributed by atoms with Crippen molar-refractivity contribution < 1.29 is 4.39 Å². The number of nitrogens with zero attached hydrogens (tertiary/aromatic N) is 1. The summed E-state index contributed by atoms with van der Waals surface area (Å²) in [4.78, 5) is 2.44. The Kier molecular flexibility index (Phi) is 4.64. The topological polar surface area (TPSA) is 15.3 Å². The minimum atomic E-state index is -0.177. The third-order valence-electron chi connectivity index (χ3n) is 3.91. The largest absolute Gasteiger partial charge is 0.311 e. The van der Waals surface area contributed by atoms with Crippen LogP contribution in [0.4, 0.5) is 4.39 Å². The summed E-state index contributed by atoms with van der Waals surface area (Å²) < 4.78 is 14.3. The van der Waals surface area contributed by atoms with E-state index in [2.05, 4.69) is 46.9 Å². The molecule has 4 heteroatoms. The molecule has 2 rings (SSSR count). The first-order chi connectivity index (χ1) is 8.90. The molecular formula is C15H22BrFN2. The fraction of sp³-hybridized carbons (Fsp3) is 0.600. The van der Waals surface area contributed by atoms with E-state index in [1.165, 1.54) is 6.07 Å². The van der Waals surface area contributed by atoms with Crippen LogP contribution < -0.4 is 5.32 Å². The van der Waals surface area contributed by atoms with E-state index >= 15 is 0 Å². The third-order valence-corrected chi connectivity index (χ3v) is 4.37. The van der Waals surface area contributed by atoms with Crippen LogP contribution in [0.2, 0.25) is 0 Å². The van der Waals surface area contributed by atoms with E-state index in [4.69, 9.17) is 0 Å². The number of hydrogen-bond acceptors (Lipinski definition) is 2. The fourth-order valence-corrected chi connectivity index (χ4v) is 3.07. The summed E-state index contributed by atoms with van der Waals surface area (Å²) in [6.45, 7) is 9.45. The zero-order valence-electron chi connectivity index (χ0n) is 11.8. The van der Waals surface area contributed by atoms with Crippen LogP contribution in [0.15, 0.2) is 22.7 Å². The molecule has 0 bridgehead atoms. The number of nitrogens with one attached hydrogen (secondary N) is 1. The summed E-state index contributed by atoms with van der Waals surface area (Å²) in [5.41, 5.74) is 1.13. The van der Waals surface area contributed by atoms with Crippen LogP contribution in [0.3, 0.4) is 0 Å². The lowest BCUT2D eigenvalue weighted by Gasteiger charge is -2.46. The van der Waals surface area contributed by atoms with Crippen molar-refractivity contribution in [3.63, 3.8) is 0 Å². The zero-order chi connectivity index (χ0) is 14.0. The Morgan fingerprint density at radius 3 is 2.79 bits per heavy atom. The predicted octanol–water partition coefficient (Wildman–Crippen LogP) is 3.55. The van der Waals surface area contributed by atoms with Crippen molar-refractivity contribution in [3.8, 4) is 0 Å². The van der Waals surface area contributed by atoms with Gasteiger partial charge in [-0.1, -0.05) is 22.9 Å². The van der Waals surface area contributed by atoms with Crippen molar-refractivity contribution in [1.29, 1.82) is 0 Å². The minimum absolute atomic E-state index is 0.102. The molecule has 0 saturated carbocycles. The van der Waals surface area contributed by atoms with Crippen molar-refractivity contribution in [1.82, 2.24) is 10.2 Å². The average molecular weight is 329 g/mol. The third kappa shape index (κ3) is 3.77.